The van der Waals surface area contributed by atoms with Crippen molar-refractivity contribution < 1.29 is 19.4 Å². The number of carboxylic acids is 1. The van der Waals surface area contributed by atoms with Gasteiger partial charge in [0.05, 0.1) is 7.11 Å². The SMILES string of the molecule is COc1cccc(CCC(=O)N(CC(=O)O)Cc2ccccc2)c1. The van der Waals surface area contributed by atoms with Crippen LogP contribution in [0.15, 0.2) is 54.6 Å². The lowest BCUT2D eigenvalue weighted by Gasteiger charge is -2.21. The number of carbonyl (C=O) groups is 2. The number of benzene rings is 2. The topological polar surface area (TPSA) is 66.8 Å². The molecule has 5 heteroatoms. The van der Waals surface area contributed by atoms with E-state index >= 15 is 0 Å². The average molecular weight is 327 g/mol. The van der Waals surface area contributed by atoms with Gasteiger partial charge < -0.3 is 14.7 Å². The number of nitrogens with zero attached hydrogens (tertiary/aromatic N) is 1. The van der Waals surface area contributed by atoms with Crippen LogP contribution in [0, 0.1) is 0 Å². The Morgan fingerprint density at radius 1 is 1.04 bits per heavy atom. The molecular weight excluding hydrogens is 306 g/mol. The van der Waals surface area contributed by atoms with Crippen LogP contribution in [0.5, 0.6) is 5.75 Å². The summed E-state index contributed by atoms with van der Waals surface area (Å²) < 4.78 is 5.17. The van der Waals surface area contributed by atoms with Gasteiger partial charge in [-0.15, -0.1) is 0 Å². The highest BCUT2D eigenvalue weighted by molar-refractivity contribution is 5.81. The number of methoxy groups -OCH3 is 1. The molecule has 0 spiro atoms. The molecule has 2 aromatic carbocycles. The van der Waals surface area contributed by atoms with Crippen LogP contribution in [0.2, 0.25) is 0 Å². The lowest BCUT2D eigenvalue weighted by molar-refractivity contribution is -0.144. The van der Waals surface area contributed by atoms with Gasteiger partial charge in [-0.3, -0.25) is 9.59 Å². The van der Waals surface area contributed by atoms with Crippen molar-refractivity contribution in [2.75, 3.05) is 13.7 Å². The smallest absolute Gasteiger partial charge is 0.323 e. The van der Waals surface area contributed by atoms with Crippen molar-refractivity contribution in [1.82, 2.24) is 4.90 Å². The Balaban J connectivity index is 2.00. The van der Waals surface area contributed by atoms with Crippen molar-refractivity contribution in [3.05, 3.63) is 65.7 Å². The molecule has 0 aliphatic heterocycles. The van der Waals surface area contributed by atoms with E-state index < -0.39 is 5.97 Å². The summed E-state index contributed by atoms with van der Waals surface area (Å²) in [7, 11) is 1.60. The predicted octanol–water partition coefficient (Wildman–Crippen LogP) is 2.74. The first kappa shape index (κ1) is 17.5. The zero-order chi connectivity index (χ0) is 17.4. The molecule has 1 amide bonds. The van der Waals surface area contributed by atoms with Crippen LogP contribution < -0.4 is 4.74 Å². The van der Waals surface area contributed by atoms with Crippen LogP contribution >= 0.6 is 0 Å². The number of hydrogen-bond acceptors (Lipinski definition) is 3. The molecule has 0 unspecified atom stereocenters. The third-order valence-corrected chi connectivity index (χ3v) is 3.66. The first-order chi connectivity index (χ1) is 11.6. The highest BCUT2D eigenvalue weighted by Crippen LogP contribution is 2.15. The molecule has 2 aromatic rings. The monoisotopic (exact) mass is 327 g/mol. The number of amides is 1. The molecule has 0 radical (unpaired) electrons. The predicted molar refractivity (Wildman–Crippen MR) is 90.8 cm³/mol. The first-order valence-corrected chi connectivity index (χ1v) is 7.75. The lowest BCUT2D eigenvalue weighted by atomic mass is 10.1. The molecule has 1 N–H and O–H groups in total. The van der Waals surface area contributed by atoms with Crippen molar-refractivity contribution in [2.24, 2.45) is 0 Å². The summed E-state index contributed by atoms with van der Waals surface area (Å²) in [6, 6.07) is 16.9. The molecule has 0 aliphatic carbocycles. The number of carboxylic acid groups (broad SMARTS) is 1. The summed E-state index contributed by atoms with van der Waals surface area (Å²) in [5, 5.41) is 9.05. The maximum absolute atomic E-state index is 12.4. The largest absolute Gasteiger partial charge is 0.497 e. The van der Waals surface area contributed by atoms with Crippen LogP contribution in [-0.4, -0.2) is 35.5 Å². The molecule has 0 aromatic heterocycles. The third-order valence-electron chi connectivity index (χ3n) is 3.66. The van der Waals surface area contributed by atoms with Gasteiger partial charge in [0.1, 0.15) is 12.3 Å². The molecule has 0 heterocycles. The van der Waals surface area contributed by atoms with Crippen molar-refractivity contribution >= 4 is 11.9 Å². The van der Waals surface area contributed by atoms with E-state index in [9.17, 15) is 9.59 Å². The quantitative estimate of drug-likeness (QED) is 0.809. The Morgan fingerprint density at radius 3 is 2.42 bits per heavy atom. The third kappa shape index (κ3) is 5.43. The summed E-state index contributed by atoms with van der Waals surface area (Å²) in [5.41, 5.74) is 1.89. The fourth-order valence-corrected chi connectivity index (χ4v) is 2.44. The summed E-state index contributed by atoms with van der Waals surface area (Å²) in [6.07, 6.45) is 0.800. The van der Waals surface area contributed by atoms with Gasteiger partial charge in [-0.1, -0.05) is 42.5 Å². The number of rotatable bonds is 8. The second-order valence-electron chi connectivity index (χ2n) is 5.48. The molecule has 24 heavy (non-hydrogen) atoms. The normalized spacial score (nSPS) is 10.2. The van der Waals surface area contributed by atoms with Crippen LogP contribution in [0.3, 0.4) is 0 Å². The average Bonchev–Trinajstić information content (AvgIpc) is 2.60. The number of carbonyl (C=O) groups excluding carboxylic acids is 1. The van der Waals surface area contributed by atoms with E-state index in [4.69, 9.17) is 9.84 Å². The van der Waals surface area contributed by atoms with Gasteiger partial charge in [0, 0.05) is 13.0 Å². The van der Waals surface area contributed by atoms with E-state index in [1.165, 1.54) is 4.90 Å². The standard InChI is InChI=1S/C19H21NO4/c1-24-17-9-5-8-15(12-17)10-11-18(21)20(14-19(22)23)13-16-6-3-2-4-7-16/h2-9,12H,10-11,13-14H2,1H3,(H,22,23). The van der Waals surface area contributed by atoms with Gasteiger partial charge in [-0.25, -0.2) is 0 Å². The van der Waals surface area contributed by atoms with Crippen LogP contribution in [0.25, 0.3) is 0 Å². The van der Waals surface area contributed by atoms with Gasteiger partial charge in [0.25, 0.3) is 0 Å². The second kappa shape index (κ2) is 8.72. The zero-order valence-electron chi connectivity index (χ0n) is 13.6. The Bertz CT molecular complexity index is 685. The van der Waals surface area contributed by atoms with E-state index in [-0.39, 0.29) is 18.9 Å². The van der Waals surface area contributed by atoms with Crippen LogP contribution in [-0.2, 0) is 22.6 Å². The fraction of sp³-hybridized carbons (Fsp3) is 0.263. The van der Waals surface area contributed by atoms with Gasteiger partial charge in [0.2, 0.25) is 5.91 Å². The van der Waals surface area contributed by atoms with E-state index in [1.807, 2.05) is 54.6 Å². The molecule has 0 atom stereocenters. The van der Waals surface area contributed by atoms with Crippen molar-refractivity contribution in [3.8, 4) is 5.75 Å². The Morgan fingerprint density at radius 2 is 1.75 bits per heavy atom. The highest BCUT2D eigenvalue weighted by Gasteiger charge is 2.17. The second-order valence-corrected chi connectivity index (χ2v) is 5.48. The zero-order valence-corrected chi connectivity index (χ0v) is 13.6. The molecule has 0 aliphatic rings. The van der Waals surface area contributed by atoms with Gasteiger partial charge in [-0.2, -0.15) is 0 Å². The maximum Gasteiger partial charge on any atom is 0.323 e. The highest BCUT2D eigenvalue weighted by atomic mass is 16.5. The van der Waals surface area contributed by atoms with Gasteiger partial charge in [0.15, 0.2) is 0 Å². The Kier molecular flexibility index (Phi) is 6.37. The van der Waals surface area contributed by atoms with Crippen molar-refractivity contribution in [2.45, 2.75) is 19.4 Å². The first-order valence-electron chi connectivity index (χ1n) is 7.75. The molecule has 0 saturated carbocycles. The molecule has 5 nitrogen and oxygen atoms in total. The number of ether oxygens (including phenoxy) is 1. The fourth-order valence-electron chi connectivity index (χ4n) is 2.44. The minimum Gasteiger partial charge on any atom is -0.497 e. The van der Waals surface area contributed by atoms with E-state index in [0.29, 0.717) is 13.0 Å². The van der Waals surface area contributed by atoms with E-state index in [1.54, 1.807) is 7.11 Å². The van der Waals surface area contributed by atoms with Crippen molar-refractivity contribution in [3.63, 3.8) is 0 Å². The maximum atomic E-state index is 12.4. The molecule has 126 valence electrons. The Labute approximate surface area is 141 Å². The minimum atomic E-state index is -1.01. The molecule has 0 fully saturated rings. The molecular formula is C19H21NO4. The summed E-state index contributed by atoms with van der Waals surface area (Å²) >= 11 is 0. The minimum absolute atomic E-state index is 0.177. The van der Waals surface area contributed by atoms with Crippen LogP contribution in [0.1, 0.15) is 17.5 Å². The van der Waals surface area contributed by atoms with Gasteiger partial charge in [-0.05, 0) is 29.7 Å². The number of aliphatic carboxylic acids is 1. The summed E-state index contributed by atoms with van der Waals surface area (Å²) in [5.74, 6) is -0.448. The molecule has 0 bridgehead atoms. The van der Waals surface area contributed by atoms with E-state index in [0.717, 1.165) is 16.9 Å². The molecule has 0 saturated heterocycles. The molecule has 2 rings (SSSR count). The van der Waals surface area contributed by atoms with E-state index in [2.05, 4.69) is 0 Å². The summed E-state index contributed by atoms with van der Waals surface area (Å²) in [6.45, 7) is -0.00405. The van der Waals surface area contributed by atoms with Crippen LogP contribution in [0.4, 0.5) is 0 Å². The van der Waals surface area contributed by atoms with Crippen molar-refractivity contribution in [1.29, 1.82) is 0 Å². The lowest BCUT2D eigenvalue weighted by Crippen LogP contribution is -2.35. The Hall–Kier alpha value is -2.82. The number of hydrogen-bond donors (Lipinski definition) is 1. The number of aryl methyl sites for hydroxylation is 1. The van der Waals surface area contributed by atoms with Gasteiger partial charge >= 0.3 is 5.97 Å². The summed E-state index contributed by atoms with van der Waals surface area (Å²) in [4.78, 5) is 24.9.